The molecule has 3 atom stereocenters. The second-order valence-electron chi connectivity index (χ2n) is 10.2. The van der Waals surface area contributed by atoms with Crippen LogP contribution in [0, 0.1) is 0 Å². The molecule has 2 aromatic carbocycles. The van der Waals surface area contributed by atoms with E-state index in [-0.39, 0.29) is 12.3 Å². The van der Waals surface area contributed by atoms with Gasteiger partial charge in [0, 0.05) is 6.92 Å². The highest BCUT2D eigenvalue weighted by Crippen LogP contribution is 2.21. The summed E-state index contributed by atoms with van der Waals surface area (Å²) in [6.45, 7) is 8.86. The van der Waals surface area contributed by atoms with Crippen molar-refractivity contribution in [1.82, 2.24) is 5.32 Å². The molecular formula is C31H41NO8. The van der Waals surface area contributed by atoms with Crippen LogP contribution in [0.25, 0.3) is 0 Å². The van der Waals surface area contributed by atoms with Gasteiger partial charge in [0.05, 0.1) is 26.4 Å². The Bertz CT molecular complexity index is 1100. The van der Waals surface area contributed by atoms with E-state index in [1.807, 2.05) is 60.7 Å². The summed E-state index contributed by atoms with van der Waals surface area (Å²) in [5, 5.41) is 2.46. The number of methoxy groups -OCH3 is 1. The van der Waals surface area contributed by atoms with Crippen LogP contribution in [0.5, 0.6) is 0 Å². The monoisotopic (exact) mass is 555 g/mol. The molecule has 0 aliphatic heterocycles. The molecule has 1 amide bonds. The minimum Gasteiger partial charge on any atom is -0.464 e. The number of alkyl carbamates (subject to hydrolysis) is 1. The molecule has 40 heavy (non-hydrogen) atoms. The first-order valence-corrected chi connectivity index (χ1v) is 13.2. The maximum absolute atomic E-state index is 12.3. The summed E-state index contributed by atoms with van der Waals surface area (Å²) in [7, 11) is 1.23. The Morgan fingerprint density at radius 3 is 1.95 bits per heavy atom. The van der Waals surface area contributed by atoms with Gasteiger partial charge in [0.25, 0.3) is 0 Å². The number of benzene rings is 2. The van der Waals surface area contributed by atoms with E-state index in [4.69, 9.17) is 23.7 Å². The van der Waals surface area contributed by atoms with Crippen LogP contribution in [-0.4, -0.2) is 49.1 Å². The maximum Gasteiger partial charge on any atom is 0.412 e. The lowest BCUT2D eigenvalue weighted by Crippen LogP contribution is -2.42. The third-order valence-corrected chi connectivity index (χ3v) is 5.61. The minimum atomic E-state index is -0.770. The van der Waals surface area contributed by atoms with Crippen molar-refractivity contribution in [3.63, 3.8) is 0 Å². The predicted octanol–water partition coefficient (Wildman–Crippen LogP) is 5.47. The maximum atomic E-state index is 12.3. The van der Waals surface area contributed by atoms with Crippen molar-refractivity contribution in [2.75, 3.05) is 7.11 Å². The molecule has 1 N–H and O–H groups in total. The van der Waals surface area contributed by atoms with Gasteiger partial charge in [0.15, 0.2) is 0 Å². The second kappa shape index (κ2) is 16.4. The Morgan fingerprint density at radius 2 is 1.45 bits per heavy atom. The first kappa shape index (κ1) is 32.5. The van der Waals surface area contributed by atoms with Crippen LogP contribution in [-0.2, 0) is 46.5 Å². The van der Waals surface area contributed by atoms with Gasteiger partial charge in [-0.15, -0.1) is 0 Å². The summed E-state index contributed by atoms with van der Waals surface area (Å²) in [6.07, 6.45) is -0.290. The normalized spacial score (nSPS) is 14.0. The highest BCUT2D eigenvalue weighted by molar-refractivity contribution is 5.92. The Balaban J connectivity index is 2.27. The van der Waals surface area contributed by atoms with Gasteiger partial charge in [-0.25, -0.2) is 9.59 Å². The molecule has 0 fully saturated rings. The molecule has 0 heterocycles. The summed E-state index contributed by atoms with van der Waals surface area (Å²) in [4.78, 5) is 36.5. The first-order chi connectivity index (χ1) is 19.0. The Kier molecular flexibility index (Phi) is 13.4. The molecule has 0 saturated heterocycles. The highest BCUT2D eigenvalue weighted by atomic mass is 16.6. The molecular weight excluding hydrogens is 514 g/mol. The van der Waals surface area contributed by atoms with Crippen molar-refractivity contribution >= 4 is 18.0 Å². The van der Waals surface area contributed by atoms with Crippen LogP contribution in [0.15, 0.2) is 72.4 Å². The van der Waals surface area contributed by atoms with Crippen molar-refractivity contribution in [1.29, 1.82) is 0 Å². The zero-order valence-electron chi connectivity index (χ0n) is 24.2. The fourth-order valence-corrected chi connectivity index (χ4v) is 3.86. The second-order valence-corrected chi connectivity index (χ2v) is 10.2. The van der Waals surface area contributed by atoms with Crippen LogP contribution >= 0.6 is 0 Å². The zero-order valence-corrected chi connectivity index (χ0v) is 24.2. The first-order valence-electron chi connectivity index (χ1n) is 13.2. The van der Waals surface area contributed by atoms with Gasteiger partial charge in [-0.3, -0.25) is 10.1 Å². The Hall–Kier alpha value is -3.69. The van der Waals surface area contributed by atoms with Gasteiger partial charge in [0.2, 0.25) is 0 Å². The van der Waals surface area contributed by atoms with Crippen LogP contribution in [0.2, 0.25) is 0 Å². The van der Waals surface area contributed by atoms with Crippen LogP contribution < -0.4 is 5.32 Å². The van der Waals surface area contributed by atoms with Crippen molar-refractivity contribution in [3.8, 4) is 0 Å². The average Bonchev–Trinajstić information content (AvgIpc) is 2.90. The molecule has 2 rings (SSSR count). The van der Waals surface area contributed by atoms with Crippen LogP contribution in [0.1, 0.15) is 58.6 Å². The number of allylic oxidation sites excluding steroid dienone is 1. The van der Waals surface area contributed by atoms with Gasteiger partial charge in [-0.05, 0) is 51.7 Å². The van der Waals surface area contributed by atoms with E-state index in [0.717, 1.165) is 11.1 Å². The Morgan fingerprint density at radius 1 is 0.900 bits per heavy atom. The van der Waals surface area contributed by atoms with Gasteiger partial charge in [-0.1, -0.05) is 66.7 Å². The molecule has 0 unspecified atom stereocenters. The summed E-state index contributed by atoms with van der Waals surface area (Å²) < 4.78 is 28.2. The molecule has 0 aliphatic rings. The SMILES string of the molecule is COC(=O)C(=CCC[C@H](OCc1ccccc1)[C@@H](OCc1ccccc1)[C@H](C)OC(C)=O)NC(=O)OC(C)(C)C. The molecule has 9 nitrogen and oxygen atoms in total. The summed E-state index contributed by atoms with van der Waals surface area (Å²) >= 11 is 0. The van der Waals surface area contributed by atoms with E-state index in [2.05, 4.69) is 5.32 Å². The number of carbonyl (C=O) groups excluding carboxylic acids is 3. The smallest absolute Gasteiger partial charge is 0.412 e. The Labute approximate surface area is 236 Å². The fourth-order valence-electron chi connectivity index (χ4n) is 3.86. The third kappa shape index (κ3) is 12.4. The molecule has 0 aromatic heterocycles. The number of hydrogen-bond donors (Lipinski definition) is 1. The van der Waals surface area contributed by atoms with E-state index in [9.17, 15) is 14.4 Å². The van der Waals surface area contributed by atoms with Crippen LogP contribution in [0.3, 0.4) is 0 Å². The predicted molar refractivity (Wildman–Crippen MR) is 150 cm³/mol. The number of esters is 2. The van der Waals surface area contributed by atoms with Crippen molar-refractivity contribution in [2.24, 2.45) is 0 Å². The molecule has 9 heteroatoms. The number of nitrogens with one attached hydrogen (secondary N) is 1. The van der Waals surface area contributed by atoms with Gasteiger partial charge < -0.3 is 23.7 Å². The lowest BCUT2D eigenvalue weighted by Gasteiger charge is -2.31. The minimum absolute atomic E-state index is 0.0478. The van der Waals surface area contributed by atoms with E-state index < -0.39 is 41.9 Å². The number of carbonyl (C=O) groups is 3. The lowest BCUT2D eigenvalue weighted by atomic mass is 10.0. The van der Waals surface area contributed by atoms with Crippen molar-refractivity contribution < 1.29 is 38.1 Å². The number of amides is 1. The third-order valence-electron chi connectivity index (χ3n) is 5.61. The molecule has 0 saturated carbocycles. The number of ether oxygens (including phenoxy) is 5. The standard InChI is InChI=1S/C31H41NO8/c1-22(39-23(2)33)28(38-21-25-16-11-8-12-17-25)27(37-20-24-14-9-7-10-15-24)19-13-18-26(29(34)36-6)32-30(35)40-31(3,4)5/h7-12,14-18,22,27-28H,13,19-21H2,1-6H3,(H,32,35)/t22-,27-,28-/m0/s1. The number of rotatable bonds is 14. The molecule has 0 radical (unpaired) electrons. The molecule has 0 spiro atoms. The molecule has 218 valence electrons. The lowest BCUT2D eigenvalue weighted by molar-refractivity contribution is -0.168. The van der Waals surface area contributed by atoms with E-state index in [0.29, 0.717) is 19.4 Å². The van der Waals surface area contributed by atoms with Crippen molar-refractivity contribution in [2.45, 2.75) is 84.6 Å². The molecule has 2 aromatic rings. The highest BCUT2D eigenvalue weighted by Gasteiger charge is 2.31. The quantitative estimate of drug-likeness (QED) is 0.186. The molecule has 0 aliphatic carbocycles. The van der Waals surface area contributed by atoms with Crippen LogP contribution in [0.4, 0.5) is 4.79 Å². The summed E-state index contributed by atoms with van der Waals surface area (Å²) in [5.41, 5.74) is 1.14. The van der Waals surface area contributed by atoms with E-state index in [1.165, 1.54) is 14.0 Å². The largest absolute Gasteiger partial charge is 0.464 e. The summed E-state index contributed by atoms with van der Waals surface area (Å²) in [6, 6.07) is 19.3. The molecule has 0 bridgehead atoms. The summed E-state index contributed by atoms with van der Waals surface area (Å²) in [5.74, 6) is -1.14. The van der Waals surface area contributed by atoms with E-state index in [1.54, 1.807) is 33.8 Å². The fraction of sp³-hybridized carbons (Fsp3) is 0.452. The average molecular weight is 556 g/mol. The van der Waals surface area contributed by atoms with Crippen molar-refractivity contribution in [3.05, 3.63) is 83.6 Å². The van der Waals surface area contributed by atoms with Gasteiger partial charge in [0.1, 0.15) is 23.5 Å². The number of hydrogen-bond acceptors (Lipinski definition) is 8. The topological polar surface area (TPSA) is 109 Å². The zero-order chi connectivity index (χ0) is 29.5. The van der Waals surface area contributed by atoms with Gasteiger partial charge >= 0.3 is 18.0 Å². The van der Waals surface area contributed by atoms with Gasteiger partial charge in [-0.2, -0.15) is 0 Å². The van der Waals surface area contributed by atoms with E-state index >= 15 is 0 Å².